The van der Waals surface area contributed by atoms with Crippen LogP contribution in [0.4, 0.5) is 5.69 Å². The van der Waals surface area contributed by atoms with E-state index in [9.17, 15) is 14.4 Å². The van der Waals surface area contributed by atoms with Crippen molar-refractivity contribution in [2.45, 2.75) is 6.92 Å². The molecule has 1 aliphatic rings. The SMILES string of the molecule is CC(=O)NCN1C(=O)C(=O)c2ccccc21. The summed E-state index contributed by atoms with van der Waals surface area (Å²) in [6, 6.07) is 6.72. The average molecular weight is 218 g/mol. The van der Waals surface area contributed by atoms with E-state index in [0.29, 0.717) is 11.3 Å². The highest BCUT2D eigenvalue weighted by atomic mass is 16.2. The van der Waals surface area contributed by atoms with Crippen molar-refractivity contribution >= 4 is 23.3 Å². The Morgan fingerprint density at radius 3 is 2.69 bits per heavy atom. The molecule has 0 saturated heterocycles. The van der Waals surface area contributed by atoms with Crippen LogP contribution in [0.3, 0.4) is 0 Å². The number of fused-ring (bicyclic) bond motifs is 1. The Labute approximate surface area is 92.0 Å². The Morgan fingerprint density at radius 2 is 2.00 bits per heavy atom. The van der Waals surface area contributed by atoms with Gasteiger partial charge in [0, 0.05) is 6.92 Å². The van der Waals surface area contributed by atoms with E-state index in [1.54, 1.807) is 24.3 Å². The predicted molar refractivity (Wildman–Crippen MR) is 56.9 cm³/mol. The second-order valence-electron chi connectivity index (χ2n) is 3.47. The monoisotopic (exact) mass is 218 g/mol. The van der Waals surface area contributed by atoms with E-state index in [1.165, 1.54) is 11.8 Å². The number of Topliss-reactive ketones (excluding diaryl/α,β-unsaturated/α-hetero) is 1. The van der Waals surface area contributed by atoms with Gasteiger partial charge < -0.3 is 5.32 Å². The third kappa shape index (κ3) is 1.56. The molecule has 1 N–H and O–H groups in total. The summed E-state index contributed by atoms with van der Waals surface area (Å²) in [5.74, 6) is -1.37. The lowest BCUT2D eigenvalue weighted by Gasteiger charge is -2.16. The lowest BCUT2D eigenvalue weighted by Crippen LogP contribution is -2.39. The molecule has 5 heteroatoms. The van der Waals surface area contributed by atoms with E-state index in [1.807, 2.05) is 0 Å². The number of anilines is 1. The first kappa shape index (κ1) is 10.4. The standard InChI is InChI=1S/C11H10N2O3/c1-7(14)12-6-13-9-5-3-2-4-8(9)10(15)11(13)16/h2-5H,6H2,1H3,(H,12,14). The van der Waals surface area contributed by atoms with Crippen LogP contribution in [0.2, 0.25) is 0 Å². The van der Waals surface area contributed by atoms with Crippen molar-refractivity contribution in [2.75, 3.05) is 11.6 Å². The second kappa shape index (κ2) is 3.77. The van der Waals surface area contributed by atoms with E-state index in [4.69, 9.17) is 0 Å². The van der Waals surface area contributed by atoms with Crippen molar-refractivity contribution in [3.8, 4) is 0 Å². The number of para-hydroxylation sites is 1. The summed E-state index contributed by atoms with van der Waals surface area (Å²) in [7, 11) is 0. The summed E-state index contributed by atoms with van der Waals surface area (Å²) in [5.41, 5.74) is 0.934. The largest absolute Gasteiger partial charge is 0.338 e. The quantitative estimate of drug-likeness (QED) is 0.726. The van der Waals surface area contributed by atoms with Gasteiger partial charge in [-0.2, -0.15) is 0 Å². The molecule has 1 aliphatic heterocycles. The van der Waals surface area contributed by atoms with Gasteiger partial charge in [-0.1, -0.05) is 12.1 Å². The van der Waals surface area contributed by atoms with E-state index < -0.39 is 11.7 Å². The van der Waals surface area contributed by atoms with Gasteiger partial charge in [0.05, 0.1) is 17.9 Å². The zero-order valence-corrected chi connectivity index (χ0v) is 8.69. The molecule has 0 atom stereocenters. The van der Waals surface area contributed by atoms with Crippen LogP contribution in [-0.4, -0.2) is 24.3 Å². The van der Waals surface area contributed by atoms with Gasteiger partial charge >= 0.3 is 5.91 Å². The molecule has 0 aromatic heterocycles. The summed E-state index contributed by atoms with van der Waals surface area (Å²) in [4.78, 5) is 35.2. The molecule has 1 aromatic rings. The third-order valence-corrected chi connectivity index (χ3v) is 2.36. The van der Waals surface area contributed by atoms with Crippen LogP contribution in [0.15, 0.2) is 24.3 Å². The van der Waals surface area contributed by atoms with Crippen LogP contribution in [-0.2, 0) is 9.59 Å². The normalized spacial score (nSPS) is 13.9. The van der Waals surface area contributed by atoms with Gasteiger partial charge in [0.25, 0.3) is 5.78 Å². The topological polar surface area (TPSA) is 66.5 Å². The van der Waals surface area contributed by atoms with Crippen molar-refractivity contribution in [3.63, 3.8) is 0 Å². The fourth-order valence-corrected chi connectivity index (χ4v) is 1.60. The van der Waals surface area contributed by atoms with Gasteiger partial charge in [0.1, 0.15) is 0 Å². The van der Waals surface area contributed by atoms with Gasteiger partial charge in [-0.3, -0.25) is 19.3 Å². The van der Waals surface area contributed by atoms with Crippen LogP contribution >= 0.6 is 0 Å². The van der Waals surface area contributed by atoms with E-state index in [0.717, 1.165) is 0 Å². The van der Waals surface area contributed by atoms with E-state index >= 15 is 0 Å². The fraction of sp³-hybridized carbons (Fsp3) is 0.182. The zero-order valence-electron chi connectivity index (χ0n) is 8.69. The van der Waals surface area contributed by atoms with Crippen molar-refractivity contribution in [3.05, 3.63) is 29.8 Å². The summed E-state index contributed by atoms with van der Waals surface area (Å²) < 4.78 is 0. The first-order chi connectivity index (χ1) is 7.61. The maximum Gasteiger partial charge on any atom is 0.300 e. The molecule has 2 amide bonds. The zero-order chi connectivity index (χ0) is 11.7. The number of hydrogen-bond donors (Lipinski definition) is 1. The highest BCUT2D eigenvalue weighted by molar-refractivity contribution is 6.52. The number of benzene rings is 1. The smallest absolute Gasteiger partial charge is 0.300 e. The second-order valence-corrected chi connectivity index (χ2v) is 3.47. The molecule has 16 heavy (non-hydrogen) atoms. The van der Waals surface area contributed by atoms with Crippen molar-refractivity contribution in [1.82, 2.24) is 5.32 Å². The minimum Gasteiger partial charge on any atom is -0.338 e. The molecule has 0 spiro atoms. The van der Waals surface area contributed by atoms with Crippen LogP contribution in [0.5, 0.6) is 0 Å². The molecule has 5 nitrogen and oxygen atoms in total. The minimum absolute atomic E-state index is 0.0247. The Hall–Kier alpha value is -2.17. The van der Waals surface area contributed by atoms with Gasteiger partial charge in [0.15, 0.2) is 0 Å². The molecule has 1 aromatic carbocycles. The Kier molecular flexibility index (Phi) is 2.44. The number of rotatable bonds is 2. The predicted octanol–water partition coefficient (Wildman–Crippen LogP) is 0.309. The molecule has 0 fully saturated rings. The van der Waals surface area contributed by atoms with Crippen LogP contribution in [0.25, 0.3) is 0 Å². The summed E-state index contributed by atoms with van der Waals surface area (Å²) in [5, 5.41) is 2.49. The molecule has 0 bridgehead atoms. The number of nitrogens with one attached hydrogen (secondary N) is 1. The average Bonchev–Trinajstić information content (AvgIpc) is 2.50. The number of ketones is 1. The van der Waals surface area contributed by atoms with E-state index in [-0.39, 0.29) is 12.6 Å². The van der Waals surface area contributed by atoms with Gasteiger partial charge in [-0.25, -0.2) is 0 Å². The number of amides is 2. The van der Waals surface area contributed by atoms with Crippen LogP contribution in [0, 0.1) is 0 Å². The minimum atomic E-state index is -0.602. The van der Waals surface area contributed by atoms with Gasteiger partial charge in [-0.05, 0) is 12.1 Å². The van der Waals surface area contributed by atoms with Crippen LogP contribution in [0.1, 0.15) is 17.3 Å². The molecule has 0 radical (unpaired) electrons. The fourth-order valence-electron chi connectivity index (χ4n) is 1.60. The summed E-state index contributed by atoms with van der Waals surface area (Å²) in [6.45, 7) is 1.38. The maximum absolute atomic E-state index is 11.6. The Bertz CT molecular complexity index is 482. The van der Waals surface area contributed by atoms with Gasteiger partial charge in [-0.15, -0.1) is 0 Å². The summed E-state index contributed by atoms with van der Waals surface area (Å²) in [6.07, 6.45) is 0. The molecule has 1 heterocycles. The molecule has 0 aliphatic carbocycles. The van der Waals surface area contributed by atoms with Crippen molar-refractivity contribution in [2.24, 2.45) is 0 Å². The number of carbonyl (C=O) groups is 3. The third-order valence-electron chi connectivity index (χ3n) is 2.36. The highest BCUT2D eigenvalue weighted by Gasteiger charge is 2.35. The molecule has 0 saturated carbocycles. The first-order valence-corrected chi connectivity index (χ1v) is 4.81. The van der Waals surface area contributed by atoms with Gasteiger partial charge in [0.2, 0.25) is 5.91 Å². The highest BCUT2D eigenvalue weighted by Crippen LogP contribution is 2.27. The molecule has 82 valence electrons. The number of nitrogens with zero attached hydrogens (tertiary/aromatic N) is 1. The lowest BCUT2D eigenvalue weighted by molar-refractivity contribution is -0.119. The van der Waals surface area contributed by atoms with Crippen molar-refractivity contribution < 1.29 is 14.4 Å². The first-order valence-electron chi connectivity index (χ1n) is 4.81. The Morgan fingerprint density at radius 1 is 1.31 bits per heavy atom. The van der Waals surface area contributed by atoms with Crippen molar-refractivity contribution in [1.29, 1.82) is 0 Å². The Balaban J connectivity index is 2.30. The maximum atomic E-state index is 11.6. The molecular weight excluding hydrogens is 208 g/mol. The molecule has 2 rings (SSSR count). The molecule has 0 unspecified atom stereocenters. The summed E-state index contributed by atoms with van der Waals surface area (Å²) >= 11 is 0. The van der Waals surface area contributed by atoms with E-state index in [2.05, 4.69) is 5.32 Å². The molecular formula is C11H10N2O3. The number of hydrogen-bond acceptors (Lipinski definition) is 3. The number of carbonyl (C=O) groups excluding carboxylic acids is 3. The lowest BCUT2D eigenvalue weighted by atomic mass is 10.1. The van der Waals surface area contributed by atoms with Crippen LogP contribution < -0.4 is 10.2 Å².